The largest absolute Gasteiger partial charge is 0.451 e. The number of halogens is 3. The lowest BCUT2D eigenvalue weighted by molar-refractivity contribution is -0.147. The molecular formula is C13H15F3N6O. The van der Waals surface area contributed by atoms with Gasteiger partial charge in [0.1, 0.15) is 0 Å². The zero-order valence-corrected chi connectivity index (χ0v) is 12.6. The molecule has 1 aliphatic rings. The monoisotopic (exact) mass is 328 g/mol. The van der Waals surface area contributed by atoms with Crippen molar-refractivity contribution in [3.05, 3.63) is 29.1 Å². The number of fused-ring (bicyclic) bond motifs is 1. The molecule has 0 radical (unpaired) electrons. The van der Waals surface area contributed by atoms with Gasteiger partial charge in [0.15, 0.2) is 5.82 Å². The summed E-state index contributed by atoms with van der Waals surface area (Å²) in [5.41, 5.74) is 1.05. The van der Waals surface area contributed by atoms with E-state index in [0.29, 0.717) is 17.8 Å². The van der Waals surface area contributed by atoms with Crippen molar-refractivity contribution >= 4 is 5.91 Å². The van der Waals surface area contributed by atoms with Gasteiger partial charge in [0, 0.05) is 25.8 Å². The molecule has 0 fully saturated rings. The van der Waals surface area contributed by atoms with Gasteiger partial charge in [-0.1, -0.05) is 0 Å². The summed E-state index contributed by atoms with van der Waals surface area (Å²) < 4.78 is 41.1. The Morgan fingerprint density at radius 3 is 2.65 bits per heavy atom. The molecule has 0 aromatic carbocycles. The average molecular weight is 328 g/mol. The van der Waals surface area contributed by atoms with Crippen LogP contribution >= 0.6 is 0 Å². The summed E-state index contributed by atoms with van der Waals surface area (Å²) in [6.07, 6.45) is -2.89. The highest BCUT2D eigenvalue weighted by Gasteiger charge is 2.40. The van der Waals surface area contributed by atoms with E-state index in [9.17, 15) is 18.0 Å². The lowest BCUT2D eigenvalue weighted by atomic mass is 10.2. The van der Waals surface area contributed by atoms with Gasteiger partial charge in [-0.2, -0.15) is 18.3 Å². The number of carbonyl (C=O) groups is 1. The third-order valence-corrected chi connectivity index (χ3v) is 3.79. The molecule has 7 nitrogen and oxygen atoms in total. The Hall–Kier alpha value is -2.39. The predicted molar refractivity (Wildman–Crippen MR) is 72.4 cm³/mol. The molecule has 10 heteroatoms. The van der Waals surface area contributed by atoms with Gasteiger partial charge in [0.05, 0.1) is 17.8 Å². The van der Waals surface area contributed by atoms with E-state index >= 15 is 0 Å². The van der Waals surface area contributed by atoms with Crippen LogP contribution in [0.25, 0.3) is 0 Å². The van der Waals surface area contributed by atoms with Crippen molar-refractivity contribution in [2.24, 2.45) is 0 Å². The normalized spacial score (nSPS) is 14.9. The van der Waals surface area contributed by atoms with Crippen molar-refractivity contribution in [1.29, 1.82) is 0 Å². The summed E-state index contributed by atoms with van der Waals surface area (Å²) in [5, 5.41) is 11.0. The molecule has 0 aliphatic carbocycles. The van der Waals surface area contributed by atoms with E-state index in [1.54, 1.807) is 17.8 Å². The SMILES string of the molecule is CCn1cc(C(=O)N2CCn3c(nnc3C(F)(F)F)C2)c(C)n1. The maximum Gasteiger partial charge on any atom is 0.451 e. The first kappa shape index (κ1) is 15.5. The minimum absolute atomic E-state index is 0.00133. The minimum atomic E-state index is -4.55. The molecule has 0 unspecified atom stereocenters. The molecule has 1 aliphatic heterocycles. The van der Waals surface area contributed by atoms with Crippen LogP contribution in [0.2, 0.25) is 0 Å². The zero-order chi connectivity index (χ0) is 16.8. The van der Waals surface area contributed by atoms with E-state index < -0.39 is 12.0 Å². The van der Waals surface area contributed by atoms with E-state index in [4.69, 9.17) is 0 Å². The number of hydrogen-bond acceptors (Lipinski definition) is 4. The molecule has 0 saturated heterocycles. The lowest BCUT2D eigenvalue weighted by Crippen LogP contribution is -2.39. The smallest absolute Gasteiger partial charge is 0.329 e. The third kappa shape index (κ3) is 2.68. The van der Waals surface area contributed by atoms with Crippen LogP contribution in [-0.4, -0.2) is 41.9 Å². The van der Waals surface area contributed by atoms with Gasteiger partial charge in [0.25, 0.3) is 5.91 Å². The number of aryl methyl sites for hydroxylation is 2. The Labute approximate surface area is 129 Å². The van der Waals surface area contributed by atoms with Crippen LogP contribution in [0.15, 0.2) is 6.20 Å². The topological polar surface area (TPSA) is 68.8 Å². The molecule has 2 aromatic rings. The van der Waals surface area contributed by atoms with Crippen LogP contribution in [0.5, 0.6) is 0 Å². The molecule has 124 valence electrons. The summed E-state index contributed by atoms with van der Waals surface area (Å²) in [5.74, 6) is -1.14. The maximum absolute atomic E-state index is 12.8. The number of hydrogen-bond donors (Lipinski definition) is 0. The van der Waals surface area contributed by atoms with Crippen LogP contribution in [0.1, 0.15) is 34.6 Å². The van der Waals surface area contributed by atoms with Gasteiger partial charge in [-0.05, 0) is 13.8 Å². The fourth-order valence-corrected chi connectivity index (χ4v) is 2.60. The summed E-state index contributed by atoms with van der Waals surface area (Å²) in [6, 6.07) is 0. The summed E-state index contributed by atoms with van der Waals surface area (Å²) in [4.78, 5) is 14.0. The second kappa shape index (κ2) is 5.36. The van der Waals surface area contributed by atoms with E-state index in [1.807, 2.05) is 6.92 Å². The molecular weight excluding hydrogens is 313 g/mol. The standard InChI is InChI=1S/C13H15F3N6O/c1-3-21-6-9(8(2)19-21)11(23)20-4-5-22-10(7-20)17-18-12(22)13(14,15)16/h6H,3-5,7H2,1-2H3. The third-order valence-electron chi connectivity index (χ3n) is 3.79. The summed E-state index contributed by atoms with van der Waals surface area (Å²) in [6.45, 7) is 4.46. The average Bonchev–Trinajstić information content (AvgIpc) is 3.08. The van der Waals surface area contributed by atoms with E-state index in [0.717, 1.165) is 4.57 Å². The highest BCUT2D eigenvalue weighted by molar-refractivity contribution is 5.95. The Morgan fingerprint density at radius 2 is 2.04 bits per heavy atom. The molecule has 3 heterocycles. The molecule has 1 amide bonds. The Morgan fingerprint density at radius 1 is 1.30 bits per heavy atom. The predicted octanol–water partition coefficient (Wildman–Crippen LogP) is 1.48. The first-order valence-electron chi connectivity index (χ1n) is 7.14. The number of carbonyl (C=O) groups excluding carboxylic acids is 1. The Bertz CT molecular complexity index is 747. The summed E-state index contributed by atoms with van der Waals surface area (Å²) in [7, 11) is 0. The number of aromatic nitrogens is 5. The van der Waals surface area contributed by atoms with Crippen LogP contribution in [-0.2, 0) is 25.8 Å². The van der Waals surface area contributed by atoms with Crippen LogP contribution in [0, 0.1) is 6.92 Å². The fourth-order valence-electron chi connectivity index (χ4n) is 2.60. The first-order valence-corrected chi connectivity index (χ1v) is 7.14. The van der Waals surface area contributed by atoms with Gasteiger partial charge in [-0.15, -0.1) is 10.2 Å². The molecule has 0 spiro atoms. The van der Waals surface area contributed by atoms with Crippen molar-refractivity contribution in [1.82, 2.24) is 29.4 Å². The number of alkyl halides is 3. The van der Waals surface area contributed by atoms with Crippen molar-refractivity contribution in [3.63, 3.8) is 0 Å². The minimum Gasteiger partial charge on any atom is -0.329 e. The molecule has 0 saturated carbocycles. The molecule has 0 bridgehead atoms. The van der Waals surface area contributed by atoms with E-state index in [1.165, 1.54) is 4.90 Å². The highest BCUT2D eigenvalue weighted by Crippen LogP contribution is 2.29. The van der Waals surface area contributed by atoms with Crippen molar-refractivity contribution in [2.45, 2.75) is 39.7 Å². The highest BCUT2D eigenvalue weighted by atomic mass is 19.4. The van der Waals surface area contributed by atoms with E-state index in [-0.39, 0.29) is 31.4 Å². The van der Waals surface area contributed by atoms with Gasteiger partial charge in [-0.3, -0.25) is 9.48 Å². The fraction of sp³-hybridized carbons (Fsp3) is 0.538. The molecule has 2 aromatic heterocycles. The van der Waals surface area contributed by atoms with Crippen molar-refractivity contribution < 1.29 is 18.0 Å². The molecule has 0 N–H and O–H groups in total. The van der Waals surface area contributed by atoms with Crippen LogP contribution in [0.3, 0.4) is 0 Å². The van der Waals surface area contributed by atoms with Crippen molar-refractivity contribution in [2.75, 3.05) is 6.54 Å². The lowest BCUT2D eigenvalue weighted by Gasteiger charge is -2.27. The van der Waals surface area contributed by atoms with Gasteiger partial charge < -0.3 is 9.47 Å². The van der Waals surface area contributed by atoms with Gasteiger partial charge in [0.2, 0.25) is 5.82 Å². The second-order valence-electron chi connectivity index (χ2n) is 5.30. The zero-order valence-electron chi connectivity index (χ0n) is 12.6. The number of rotatable bonds is 2. The summed E-state index contributed by atoms with van der Waals surface area (Å²) >= 11 is 0. The Balaban J connectivity index is 1.83. The molecule has 23 heavy (non-hydrogen) atoms. The van der Waals surface area contributed by atoms with Gasteiger partial charge in [-0.25, -0.2) is 0 Å². The first-order chi connectivity index (χ1) is 10.8. The maximum atomic E-state index is 12.8. The second-order valence-corrected chi connectivity index (χ2v) is 5.30. The number of amides is 1. The molecule has 0 atom stereocenters. The van der Waals surface area contributed by atoms with Gasteiger partial charge >= 0.3 is 6.18 Å². The quantitative estimate of drug-likeness (QED) is 0.837. The van der Waals surface area contributed by atoms with Crippen molar-refractivity contribution in [3.8, 4) is 0 Å². The molecule has 3 rings (SSSR count). The number of nitrogens with zero attached hydrogens (tertiary/aromatic N) is 6. The van der Waals surface area contributed by atoms with Crippen LogP contribution in [0.4, 0.5) is 13.2 Å². The van der Waals surface area contributed by atoms with E-state index in [2.05, 4.69) is 15.3 Å². The van der Waals surface area contributed by atoms with Crippen LogP contribution < -0.4 is 0 Å². The Kier molecular flexibility index (Phi) is 3.61.